The molecule has 2 heterocycles. The maximum absolute atomic E-state index is 10.2. The van der Waals surface area contributed by atoms with Gasteiger partial charge in [-0.05, 0) is 26.0 Å². The van der Waals surface area contributed by atoms with Crippen molar-refractivity contribution >= 4 is 0 Å². The molecule has 1 aromatic carbocycles. The number of nitrogens with zero attached hydrogens (tertiary/aromatic N) is 3. The Hall–Kier alpha value is -1.89. The summed E-state index contributed by atoms with van der Waals surface area (Å²) in [4.78, 5) is 4.65. The highest BCUT2D eigenvalue weighted by atomic mass is 16.5. The van der Waals surface area contributed by atoms with Gasteiger partial charge in [-0.25, -0.2) is 0 Å². The van der Waals surface area contributed by atoms with E-state index in [0.29, 0.717) is 13.2 Å². The zero-order chi connectivity index (χ0) is 17.6. The van der Waals surface area contributed by atoms with Crippen LogP contribution in [0.4, 0.5) is 0 Å². The standard InChI is InChI=1S/C19H27N3O3/c1-15-3-5-19(6-4-15)24-14-18(23)13-22-9-7-21(8-10-22)12-17-11-16(2)25-20-17/h3-6,11,18,23H,7-10,12-14H2,1-2H3/t18-/m0/s1. The van der Waals surface area contributed by atoms with Crippen molar-refractivity contribution in [3.63, 3.8) is 0 Å². The quantitative estimate of drug-likeness (QED) is 0.826. The molecule has 1 aliphatic heterocycles. The molecule has 6 heteroatoms. The third kappa shape index (κ3) is 5.56. The molecular weight excluding hydrogens is 318 g/mol. The van der Waals surface area contributed by atoms with Crippen molar-refractivity contribution < 1.29 is 14.4 Å². The maximum atomic E-state index is 10.2. The fourth-order valence-electron chi connectivity index (χ4n) is 3.03. The molecule has 0 radical (unpaired) electrons. The molecule has 2 aromatic rings. The number of β-amino-alcohol motifs (C(OH)–C–C–N with tert-alkyl or cyclic N) is 1. The van der Waals surface area contributed by atoms with Crippen LogP contribution in [0.3, 0.4) is 0 Å². The van der Waals surface area contributed by atoms with E-state index in [1.807, 2.05) is 44.2 Å². The normalized spacial score (nSPS) is 17.6. The second-order valence-electron chi connectivity index (χ2n) is 6.78. The van der Waals surface area contributed by atoms with Gasteiger partial charge in [-0.2, -0.15) is 0 Å². The van der Waals surface area contributed by atoms with Crippen molar-refractivity contribution in [1.29, 1.82) is 0 Å². The Morgan fingerprint density at radius 1 is 1.12 bits per heavy atom. The lowest BCUT2D eigenvalue weighted by Crippen LogP contribution is -2.48. The molecule has 1 N–H and O–H groups in total. The average molecular weight is 345 g/mol. The monoisotopic (exact) mass is 345 g/mol. The SMILES string of the molecule is Cc1ccc(OC[C@@H](O)CN2CCN(Cc3cc(C)on3)CC2)cc1. The minimum atomic E-state index is -0.481. The molecule has 0 aliphatic carbocycles. The average Bonchev–Trinajstić information content (AvgIpc) is 3.01. The number of benzene rings is 1. The predicted molar refractivity (Wildman–Crippen MR) is 95.6 cm³/mol. The summed E-state index contributed by atoms with van der Waals surface area (Å²) in [6.45, 7) is 9.57. The van der Waals surface area contributed by atoms with Crippen LogP contribution in [0.2, 0.25) is 0 Å². The highest BCUT2D eigenvalue weighted by Crippen LogP contribution is 2.12. The zero-order valence-corrected chi connectivity index (χ0v) is 15.0. The van der Waals surface area contributed by atoms with Gasteiger partial charge in [0.2, 0.25) is 0 Å². The van der Waals surface area contributed by atoms with Crippen molar-refractivity contribution in [3.05, 3.63) is 47.3 Å². The molecule has 25 heavy (non-hydrogen) atoms. The molecular formula is C19H27N3O3. The van der Waals surface area contributed by atoms with Crippen molar-refractivity contribution in [2.24, 2.45) is 0 Å². The molecule has 0 amide bonds. The first-order valence-electron chi connectivity index (χ1n) is 8.83. The summed E-state index contributed by atoms with van der Waals surface area (Å²) in [7, 11) is 0. The summed E-state index contributed by atoms with van der Waals surface area (Å²) >= 11 is 0. The van der Waals surface area contributed by atoms with Gasteiger partial charge in [0.05, 0.1) is 5.69 Å². The molecule has 6 nitrogen and oxygen atoms in total. The summed E-state index contributed by atoms with van der Waals surface area (Å²) < 4.78 is 10.8. The largest absolute Gasteiger partial charge is 0.491 e. The molecule has 136 valence electrons. The first-order chi connectivity index (χ1) is 12.1. The molecule has 0 saturated carbocycles. The van der Waals surface area contributed by atoms with Gasteiger partial charge in [0, 0.05) is 45.3 Å². The lowest BCUT2D eigenvalue weighted by atomic mass is 10.2. The van der Waals surface area contributed by atoms with Crippen LogP contribution in [-0.4, -0.2) is 65.5 Å². The van der Waals surface area contributed by atoms with Crippen LogP contribution in [0.15, 0.2) is 34.9 Å². The Morgan fingerprint density at radius 3 is 2.44 bits per heavy atom. The van der Waals surface area contributed by atoms with E-state index in [-0.39, 0.29) is 0 Å². The third-order valence-electron chi connectivity index (χ3n) is 4.46. The highest BCUT2D eigenvalue weighted by Gasteiger charge is 2.20. The minimum Gasteiger partial charge on any atom is -0.491 e. The van der Waals surface area contributed by atoms with Crippen molar-refractivity contribution in [1.82, 2.24) is 15.0 Å². The van der Waals surface area contributed by atoms with E-state index >= 15 is 0 Å². The van der Waals surface area contributed by atoms with Crippen LogP contribution >= 0.6 is 0 Å². The van der Waals surface area contributed by atoms with Gasteiger partial charge < -0.3 is 14.4 Å². The zero-order valence-electron chi connectivity index (χ0n) is 15.0. The summed E-state index contributed by atoms with van der Waals surface area (Å²) in [5.41, 5.74) is 2.18. The summed E-state index contributed by atoms with van der Waals surface area (Å²) in [6, 6.07) is 9.88. The fraction of sp³-hybridized carbons (Fsp3) is 0.526. The van der Waals surface area contributed by atoms with E-state index in [9.17, 15) is 5.11 Å². The van der Waals surface area contributed by atoms with E-state index < -0.39 is 6.10 Å². The fourth-order valence-corrected chi connectivity index (χ4v) is 3.03. The van der Waals surface area contributed by atoms with Crippen LogP contribution in [0.5, 0.6) is 5.75 Å². The van der Waals surface area contributed by atoms with Gasteiger partial charge in [-0.1, -0.05) is 22.9 Å². The second-order valence-corrected chi connectivity index (χ2v) is 6.78. The molecule has 3 rings (SSSR count). The molecule has 0 bridgehead atoms. The Bertz CT molecular complexity index is 648. The number of hydrogen-bond donors (Lipinski definition) is 1. The Morgan fingerprint density at radius 2 is 1.80 bits per heavy atom. The molecule has 0 spiro atoms. The van der Waals surface area contributed by atoms with E-state index in [4.69, 9.17) is 9.26 Å². The van der Waals surface area contributed by atoms with Gasteiger partial charge in [-0.15, -0.1) is 0 Å². The smallest absolute Gasteiger partial charge is 0.133 e. The highest BCUT2D eigenvalue weighted by molar-refractivity contribution is 5.26. The predicted octanol–water partition coefficient (Wildman–Crippen LogP) is 1.85. The first-order valence-corrected chi connectivity index (χ1v) is 8.83. The lowest BCUT2D eigenvalue weighted by Gasteiger charge is -2.35. The number of aromatic nitrogens is 1. The summed E-state index contributed by atoms with van der Waals surface area (Å²) in [5, 5.41) is 14.3. The number of piperazine rings is 1. The molecule has 1 saturated heterocycles. The Kier molecular flexibility index (Phi) is 6.07. The van der Waals surface area contributed by atoms with Crippen LogP contribution in [-0.2, 0) is 6.54 Å². The number of ether oxygens (including phenoxy) is 1. The van der Waals surface area contributed by atoms with Crippen LogP contribution in [0.1, 0.15) is 17.0 Å². The molecule has 1 aromatic heterocycles. The van der Waals surface area contributed by atoms with Crippen molar-refractivity contribution in [2.75, 3.05) is 39.3 Å². The van der Waals surface area contributed by atoms with Crippen LogP contribution in [0, 0.1) is 13.8 Å². The number of hydrogen-bond acceptors (Lipinski definition) is 6. The van der Waals surface area contributed by atoms with E-state index in [1.165, 1.54) is 5.56 Å². The topological polar surface area (TPSA) is 62.0 Å². The van der Waals surface area contributed by atoms with E-state index in [1.54, 1.807) is 0 Å². The van der Waals surface area contributed by atoms with Gasteiger partial charge in [0.25, 0.3) is 0 Å². The van der Waals surface area contributed by atoms with Crippen molar-refractivity contribution in [3.8, 4) is 5.75 Å². The first kappa shape index (κ1) is 17.9. The lowest BCUT2D eigenvalue weighted by molar-refractivity contribution is 0.0442. The molecule has 1 aliphatic rings. The molecule has 1 fully saturated rings. The van der Waals surface area contributed by atoms with Gasteiger partial charge in [0.15, 0.2) is 0 Å². The molecule has 0 unspecified atom stereocenters. The number of aliphatic hydroxyl groups is 1. The molecule has 1 atom stereocenters. The Labute approximate surface area is 149 Å². The third-order valence-corrected chi connectivity index (χ3v) is 4.46. The van der Waals surface area contributed by atoms with E-state index in [0.717, 1.165) is 49.9 Å². The van der Waals surface area contributed by atoms with Gasteiger partial charge in [-0.3, -0.25) is 9.80 Å². The van der Waals surface area contributed by atoms with Crippen molar-refractivity contribution in [2.45, 2.75) is 26.5 Å². The van der Waals surface area contributed by atoms with E-state index in [2.05, 4.69) is 15.0 Å². The maximum Gasteiger partial charge on any atom is 0.133 e. The summed E-state index contributed by atoms with van der Waals surface area (Å²) in [5.74, 6) is 1.66. The number of rotatable bonds is 7. The summed E-state index contributed by atoms with van der Waals surface area (Å²) in [6.07, 6.45) is -0.481. The van der Waals surface area contributed by atoms with Gasteiger partial charge >= 0.3 is 0 Å². The van der Waals surface area contributed by atoms with Crippen LogP contribution < -0.4 is 4.74 Å². The minimum absolute atomic E-state index is 0.321. The van der Waals surface area contributed by atoms with Crippen LogP contribution in [0.25, 0.3) is 0 Å². The van der Waals surface area contributed by atoms with Gasteiger partial charge in [0.1, 0.15) is 24.2 Å². The number of aryl methyl sites for hydroxylation is 2. The number of aliphatic hydroxyl groups excluding tert-OH is 1. The Balaban J connectivity index is 1.35. The second kappa shape index (κ2) is 8.47.